The molecule has 0 radical (unpaired) electrons. The van der Waals surface area contributed by atoms with Gasteiger partial charge in [0.1, 0.15) is 11.5 Å². The molecule has 8 heterocycles. The summed E-state index contributed by atoms with van der Waals surface area (Å²) in [6.45, 7) is 12.8. The predicted molar refractivity (Wildman–Crippen MR) is 318 cm³/mol. The van der Waals surface area contributed by atoms with Crippen molar-refractivity contribution in [3.63, 3.8) is 0 Å². The zero-order valence-corrected chi connectivity index (χ0v) is 46.7. The highest BCUT2D eigenvalue weighted by Gasteiger charge is 2.40. The van der Waals surface area contributed by atoms with Crippen LogP contribution >= 0.6 is 0 Å². The molecule has 0 aliphatic carbocycles. The molecule has 0 unspecified atom stereocenters. The van der Waals surface area contributed by atoms with Crippen molar-refractivity contribution in [2.24, 2.45) is 25.9 Å². The van der Waals surface area contributed by atoms with Crippen molar-refractivity contribution in [3.05, 3.63) is 134 Å². The molecule has 2 saturated heterocycles. The van der Waals surface area contributed by atoms with Crippen LogP contribution in [0.2, 0.25) is 0 Å². The Bertz CT molecular complexity index is 4180. The summed E-state index contributed by atoms with van der Waals surface area (Å²) < 4.78 is 28.3. The van der Waals surface area contributed by atoms with E-state index in [-0.39, 0.29) is 35.5 Å². The van der Waals surface area contributed by atoms with Crippen molar-refractivity contribution in [2.45, 2.75) is 13.3 Å². The Balaban J connectivity index is 0.860. The molecular formula is C60H59N17O6. The summed E-state index contributed by atoms with van der Waals surface area (Å²) in [6.07, 6.45) is 10.1. The van der Waals surface area contributed by atoms with Gasteiger partial charge in [0.15, 0.2) is 0 Å². The average Bonchev–Trinajstić information content (AvgIpc) is 3.26. The second-order valence-electron chi connectivity index (χ2n) is 20.6. The number of ether oxygens (including phenoxy) is 2. The Morgan fingerprint density at radius 2 is 1.23 bits per heavy atom. The molecule has 2 fully saturated rings. The molecule has 420 valence electrons. The number of hydrogen-bond donors (Lipinski definition) is 5. The summed E-state index contributed by atoms with van der Waals surface area (Å²) in [6, 6.07) is 21.5. The molecule has 2 amide bonds. The third-order valence-corrected chi connectivity index (χ3v) is 15.2. The van der Waals surface area contributed by atoms with Crippen LogP contribution in [0, 0.1) is 18.8 Å². The van der Waals surface area contributed by atoms with E-state index >= 15 is 0 Å². The molecule has 0 saturated carbocycles. The summed E-state index contributed by atoms with van der Waals surface area (Å²) >= 11 is 0. The van der Waals surface area contributed by atoms with E-state index in [1.807, 2.05) is 84.2 Å². The van der Waals surface area contributed by atoms with Crippen LogP contribution in [0.15, 0.2) is 126 Å². The van der Waals surface area contributed by atoms with Crippen molar-refractivity contribution in [1.29, 1.82) is 0 Å². The van der Waals surface area contributed by atoms with Gasteiger partial charge < -0.3 is 63.8 Å². The van der Waals surface area contributed by atoms with E-state index in [0.29, 0.717) is 92.5 Å². The number of aromatic nitrogens is 10. The lowest BCUT2D eigenvalue weighted by Gasteiger charge is -2.26. The van der Waals surface area contributed by atoms with Crippen LogP contribution in [0.4, 0.5) is 46.0 Å². The van der Waals surface area contributed by atoms with Gasteiger partial charge in [-0.2, -0.15) is 0 Å². The number of nitrogens with one attached hydrogen (secondary N) is 5. The predicted octanol–water partition coefficient (Wildman–Crippen LogP) is 9.38. The van der Waals surface area contributed by atoms with Gasteiger partial charge in [0.2, 0.25) is 35.5 Å². The van der Waals surface area contributed by atoms with E-state index in [1.54, 1.807) is 52.7 Å². The molecule has 6 aromatic heterocycles. The first kappa shape index (κ1) is 53.2. The lowest BCUT2D eigenvalue weighted by molar-refractivity contribution is -0.112. The average molecular weight is 1110 g/mol. The summed E-state index contributed by atoms with van der Waals surface area (Å²) in [5, 5.41) is 35.1. The number of aryl methyl sites for hydroxylation is 3. The van der Waals surface area contributed by atoms with Crippen molar-refractivity contribution < 1.29 is 27.9 Å². The Labute approximate surface area is 476 Å². The number of rotatable bonds is 18. The Morgan fingerprint density at radius 3 is 1.84 bits per heavy atom. The largest absolute Gasteiger partial charge is 0.494 e. The van der Waals surface area contributed by atoms with Crippen molar-refractivity contribution in [1.82, 2.24) is 54.4 Å². The molecule has 23 heteroatoms. The lowest BCUT2D eigenvalue weighted by atomic mass is 10.0. The molecule has 23 nitrogen and oxygen atoms in total. The maximum absolute atomic E-state index is 12.9. The number of hydrogen-bond acceptors (Lipinski definition) is 19. The van der Waals surface area contributed by atoms with Crippen LogP contribution in [0.5, 0.6) is 11.5 Å². The number of amides is 2. The number of benzene rings is 4. The number of para-hydroxylation sites is 1. The van der Waals surface area contributed by atoms with Crippen LogP contribution in [0.1, 0.15) is 17.3 Å². The van der Waals surface area contributed by atoms with Gasteiger partial charge >= 0.3 is 0 Å². The molecule has 83 heavy (non-hydrogen) atoms. The first-order chi connectivity index (χ1) is 40.3. The Kier molecular flexibility index (Phi) is 14.1. The molecule has 4 aromatic carbocycles. The molecule has 0 spiro atoms. The molecular weight excluding hydrogens is 1050 g/mol. The number of nitrogens with zero attached hydrogens (tertiary/aromatic N) is 12. The van der Waals surface area contributed by atoms with Gasteiger partial charge in [0.25, 0.3) is 11.8 Å². The van der Waals surface area contributed by atoms with Gasteiger partial charge in [0, 0.05) is 124 Å². The number of methoxy groups -OCH3 is 2. The summed E-state index contributed by atoms with van der Waals surface area (Å²) in [7, 11) is 11.0. The van der Waals surface area contributed by atoms with Crippen LogP contribution in [-0.2, 0) is 30.1 Å². The Morgan fingerprint density at radius 1 is 0.651 bits per heavy atom. The smallest absolute Gasteiger partial charge is 0.251 e. The molecule has 12 rings (SSSR count). The highest BCUT2D eigenvalue weighted by atomic mass is 16.5. The van der Waals surface area contributed by atoms with Gasteiger partial charge in [-0.3, -0.25) is 9.59 Å². The quantitative estimate of drug-likeness (QED) is 0.0501. The summed E-state index contributed by atoms with van der Waals surface area (Å²) in [4.78, 5) is 49.7. The van der Waals surface area contributed by atoms with E-state index in [0.717, 1.165) is 70.4 Å². The van der Waals surface area contributed by atoms with Gasteiger partial charge in [-0.1, -0.05) is 43.5 Å². The number of fused-ring (bicyclic) bond motifs is 3. The Hall–Kier alpha value is -10.4. The van der Waals surface area contributed by atoms with Crippen LogP contribution in [0.25, 0.3) is 67.2 Å². The fourth-order valence-electron chi connectivity index (χ4n) is 11.3. The highest BCUT2D eigenvalue weighted by molar-refractivity contribution is 6.04. The maximum Gasteiger partial charge on any atom is 0.251 e. The normalized spacial score (nSPS) is 14.9. The number of likely N-dealkylation sites (tertiary alicyclic amines) is 1. The van der Waals surface area contributed by atoms with Gasteiger partial charge in [0.05, 0.1) is 77.3 Å². The van der Waals surface area contributed by atoms with E-state index in [2.05, 4.69) is 83.1 Å². The minimum atomic E-state index is -0.375. The van der Waals surface area contributed by atoms with Gasteiger partial charge in [-0.25, -0.2) is 19.9 Å². The van der Waals surface area contributed by atoms with E-state index < -0.39 is 0 Å². The third kappa shape index (κ3) is 10.3. The molecule has 2 aliphatic rings. The summed E-state index contributed by atoms with van der Waals surface area (Å²) in [5.74, 6) is 3.14. The monoisotopic (exact) mass is 1110 g/mol. The van der Waals surface area contributed by atoms with E-state index in [4.69, 9.17) is 38.2 Å². The minimum absolute atomic E-state index is 0.229. The van der Waals surface area contributed by atoms with E-state index in [9.17, 15) is 9.59 Å². The first-order valence-corrected chi connectivity index (χ1v) is 26.7. The number of carbonyl (C=O) groups excluding carboxylic acids is 2. The first-order valence-electron chi connectivity index (χ1n) is 26.7. The third-order valence-electron chi connectivity index (χ3n) is 15.2. The SMILES string of the molecule is C=CC(=O)Nc1cc(Nc2ncc(-c3nnc(Cc4ccc5c(-c6nc(Nc7cc(NC(=O)C=C)c(N8C[C@H]9CN(C)C[C@H]9C8)cc7OC)ncc6-c6nnc(C)o6)cn(C)c5c4)o3)c(-c3cn(C)c4ccccc34)n2)c(OC)cc1NC. The maximum atomic E-state index is 12.9. The van der Waals surface area contributed by atoms with Crippen molar-refractivity contribution in [2.75, 3.05) is 86.0 Å². The summed E-state index contributed by atoms with van der Waals surface area (Å²) in [5.41, 5.74) is 10.2. The molecule has 0 bridgehead atoms. The standard InChI is InChI=1S/C60H59N17O6/c1-10-52(78)64-43-20-45(50(80-8)22-42(43)61-4)66-59-63-25-39(56(69-59)40-30-75(6)47-15-13-12-14-36(40)47)58-73-71-54(83-58)19-33-16-17-37-41(31-76(7)48(37)18-33)55-38(57-72-70-32(3)82-57)24-62-60(68-55)67-46-21-44(65-53(79)11-2)49(23-51(46)81-9)77-28-34-26-74(5)27-35(34)29-77/h10-18,20-25,30-31,34-35,61H,1-2,19,26-29H2,3-9H3,(H,64,78)(H,65,79)(H,62,67,68)(H,63,66,69)/t34-,35+. The van der Waals surface area contributed by atoms with Crippen molar-refractivity contribution in [3.8, 4) is 56.9 Å². The molecule has 5 N–H and O–H groups in total. The van der Waals surface area contributed by atoms with Crippen LogP contribution in [0.3, 0.4) is 0 Å². The second kappa shape index (κ2) is 21.9. The molecule has 2 atom stereocenters. The number of anilines is 8. The second-order valence-corrected chi connectivity index (χ2v) is 20.6. The van der Waals surface area contributed by atoms with Crippen molar-refractivity contribution >= 4 is 79.6 Å². The van der Waals surface area contributed by atoms with Gasteiger partial charge in [-0.05, 0) is 60.9 Å². The number of carbonyl (C=O) groups is 2. The zero-order valence-electron chi connectivity index (χ0n) is 46.7. The van der Waals surface area contributed by atoms with Crippen LogP contribution in [-0.4, -0.2) is 121 Å². The van der Waals surface area contributed by atoms with E-state index in [1.165, 1.54) is 12.2 Å². The highest BCUT2D eigenvalue weighted by Crippen LogP contribution is 2.44. The zero-order chi connectivity index (χ0) is 57.6. The minimum Gasteiger partial charge on any atom is -0.494 e. The molecule has 10 aromatic rings. The fourth-order valence-corrected chi connectivity index (χ4v) is 11.3. The van der Waals surface area contributed by atoms with Crippen LogP contribution < -0.4 is 41.0 Å². The fraction of sp³-hybridized carbons (Fsp3) is 0.233. The molecule has 2 aliphatic heterocycles. The lowest BCUT2D eigenvalue weighted by Crippen LogP contribution is -2.27. The topological polar surface area (TPSA) is 258 Å². The van der Waals surface area contributed by atoms with Gasteiger partial charge in [-0.15, -0.1) is 20.4 Å².